The van der Waals surface area contributed by atoms with Crippen LogP contribution in [0.25, 0.3) is 44.2 Å². The molecular formula is C29H22N4. The van der Waals surface area contributed by atoms with Crippen LogP contribution in [0.4, 0.5) is 11.4 Å². The lowest BCUT2D eigenvalue weighted by Crippen LogP contribution is -1.90. The Morgan fingerprint density at radius 3 is 2.36 bits per heavy atom. The standard InChI is InChI=1S/C29H22N4/c1-19-7-5-9-22(15-19)29-28-25-17-21(13-14-26(25)30-18-27(28)32-33-29)20-8-6-12-24(16-20)31-23-10-3-2-4-11-23/h2-18,31H,1H3,(H,32,33). The zero-order valence-electron chi connectivity index (χ0n) is 18.2. The number of pyridine rings is 1. The molecule has 0 aliphatic carbocycles. The Morgan fingerprint density at radius 1 is 0.697 bits per heavy atom. The molecule has 2 heterocycles. The van der Waals surface area contributed by atoms with Gasteiger partial charge in [0.15, 0.2) is 0 Å². The fourth-order valence-electron chi connectivity index (χ4n) is 4.35. The first-order chi connectivity index (χ1) is 16.2. The number of rotatable bonds is 4. The van der Waals surface area contributed by atoms with E-state index >= 15 is 0 Å². The van der Waals surface area contributed by atoms with Crippen LogP contribution in [0.3, 0.4) is 0 Å². The lowest BCUT2D eigenvalue weighted by Gasteiger charge is -2.10. The van der Waals surface area contributed by atoms with Crippen molar-refractivity contribution in [3.8, 4) is 22.4 Å². The summed E-state index contributed by atoms with van der Waals surface area (Å²) in [6, 6.07) is 33.6. The van der Waals surface area contributed by atoms with Gasteiger partial charge in [0, 0.05) is 27.7 Å². The molecule has 0 atom stereocenters. The van der Waals surface area contributed by atoms with Crippen LogP contribution in [-0.2, 0) is 0 Å². The number of para-hydroxylation sites is 1. The SMILES string of the molecule is Cc1cccc(-c2n[nH]c3cnc4ccc(-c5cccc(Nc6ccccc6)c5)cc4c23)c1. The van der Waals surface area contributed by atoms with Gasteiger partial charge in [0.1, 0.15) is 5.69 Å². The maximum Gasteiger partial charge on any atom is 0.101 e. The number of fused-ring (bicyclic) bond motifs is 3. The third-order valence-electron chi connectivity index (χ3n) is 5.94. The van der Waals surface area contributed by atoms with E-state index < -0.39 is 0 Å². The molecule has 0 aliphatic heterocycles. The molecule has 0 unspecified atom stereocenters. The second-order valence-electron chi connectivity index (χ2n) is 8.29. The Labute approximate surface area is 191 Å². The van der Waals surface area contributed by atoms with Crippen LogP contribution in [-0.4, -0.2) is 15.2 Å². The van der Waals surface area contributed by atoms with Gasteiger partial charge in [0.25, 0.3) is 0 Å². The van der Waals surface area contributed by atoms with Crippen LogP contribution in [0.5, 0.6) is 0 Å². The molecule has 6 aromatic rings. The summed E-state index contributed by atoms with van der Waals surface area (Å²) in [5.74, 6) is 0. The van der Waals surface area contributed by atoms with Gasteiger partial charge in [-0.05, 0) is 60.5 Å². The van der Waals surface area contributed by atoms with E-state index in [1.807, 2.05) is 24.4 Å². The normalized spacial score (nSPS) is 11.2. The minimum Gasteiger partial charge on any atom is -0.356 e. The lowest BCUT2D eigenvalue weighted by molar-refractivity contribution is 1.12. The van der Waals surface area contributed by atoms with E-state index in [-0.39, 0.29) is 0 Å². The van der Waals surface area contributed by atoms with Crippen LogP contribution in [0.2, 0.25) is 0 Å². The van der Waals surface area contributed by atoms with E-state index in [1.165, 1.54) is 5.56 Å². The van der Waals surface area contributed by atoms with Gasteiger partial charge in [-0.25, -0.2) is 0 Å². The van der Waals surface area contributed by atoms with Gasteiger partial charge in [0.2, 0.25) is 0 Å². The molecule has 0 bridgehead atoms. The summed E-state index contributed by atoms with van der Waals surface area (Å²) < 4.78 is 0. The van der Waals surface area contributed by atoms with E-state index in [1.54, 1.807) is 0 Å². The predicted octanol–water partition coefficient (Wildman–Crippen LogP) is 7.50. The van der Waals surface area contributed by atoms with Gasteiger partial charge in [-0.2, -0.15) is 5.10 Å². The number of aryl methyl sites for hydroxylation is 1. The zero-order valence-corrected chi connectivity index (χ0v) is 18.2. The summed E-state index contributed by atoms with van der Waals surface area (Å²) in [6.45, 7) is 2.10. The fourth-order valence-corrected chi connectivity index (χ4v) is 4.35. The molecule has 0 aliphatic rings. The van der Waals surface area contributed by atoms with Gasteiger partial charge in [-0.3, -0.25) is 10.1 Å². The average Bonchev–Trinajstić information content (AvgIpc) is 3.29. The second kappa shape index (κ2) is 7.92. The smallest absolute Gasteiger partial charge is 0.101 e. The minimum atomic E-state index is 0.940. The van der Waals surface area contributed by atoms with Crippen LogP contribution < -0.4 is 5.32 Å². The average molecular weight is 427 g/mol. The summed E-state index contributed by atoms with van der Waals surface area (Å²) in [5.41, 5.74) is 9.59. The van der Waals surface area contributed by atoms with Crippen molar-refractivity contribution in [2.75, 3.05) is 5.32 Å². The Hall–Kier alpha value is -4.44. The van der Waals surface area contributed by atoms with Crippen LogP contribution in [0.15, 0.2) is 103 Å². The summed E-state index contributed by atoms with van der Waals surface area (Å²) in [4.78, 5) is 4.66. The molecule has 0 fully saturated rings. The highest BCUT2D eigenvalue weighted by molar-refractivity contribution is 6.11. The molecule has 158 valence electrons. The highest BCUT2D eigenvalue weighted by Gasteiger charge is 2.13. The maximum absolute atomic E-state index is 4.66. The molecule has 33 heavy (non-hydrogen) atoms. The topological polar surface area (TPSA) is 53.6 Å². The molecule has 0 radical (unpaired) electrons. The van der Waals surface area contributed by atoms with Crippen molar-refractivity contribution in [2.24, 2.45) is 0 Å². The van der Waals surface area contributed by atoms with Gasteiger partial charge < -0.3 is 5.32 Å². The van der Waals surface area contributed by atoms with Gasteiger partial charge in [-0.1, -0.05) is 60.2 Å². The minimum absolute atomic E-state index is 0.940. The van der Waals surface area contributed by atoms with Crippen molar-refractivity contribution >= 4 is 33.2 Å². The van der Waals surface area contributed by atoms with Crippen LogP contribution >= 0.6 is 0 Å². The second-order valence-corrected chi connectivity index (χ2v) is 8.29. The fraction of sp³-hybridized carbons (Fsp3) is 0.0345. The van der Waals surface area contributed by atoms with Gasteiger partial charge in [0.05, 0.1) is 17.2 Å². The van der Waals surface area contributed by atoms with E-state index in [2.05, 4.69) is 106 Å². The Balaban J connectivity index is 1.48. The first kappa shape index (κ1) is 19.3. The number of H-pyrrole nitrogens is 1. The van der Waals surface area contributed by atoms with Crippen LogP contribution in [0, 0.1) is 6.92 Å². The van der Waals surface area contributed by atoms with Crippen molar-refractivity contribution in [2.45, 2.75) is 6.92 Å². The number of anilines is 2. The van der Waals surface area contributed by atoms with Gasteiger partial charge >= 0.3 is 0 Å². The largest absolute Gasteiger partial charge is 0.356 e. The van der Waals surface area contributed by atoms with Crippen molar-refractivity contribution in [1.82, 2.24) is 15.2 Å². The number of benzene rings is 4. The number of nitrogens with one attached hydrogen (secondary N) is 2. The molecule has 0 saturated carbocycles. The molecular weight excluding hydrogens is 404 g/mol. The van der Waals surface area contributed by atoms with E-state index in [9.17, 15) is 0 Å². The summed E-state index contributed by atoms with van der Waals surface area (Å²) >= 11 is 0. The first-order valence-electron chi connectivity index (χ1n) is 11.0. The highest BCUT2D eigenvalue weighted by atomic mass is 15.1. The number of hydrogen-bond acceptors (Lipinski definition) is 3. The molecule has 4 aromatic carbocycles. The Kier molecular flexibility index (Phi) is 4.62. The van der Waals surface area contributed by atoms with Crippen molar-refractivity contribution in [1.29, 1.82) is 0 Å². The Bertz CT molecular complexity index is 1600. The third kappa shape index (κ3) is 3.62. The Morgan fingerprint density at radius 2 is 1.48 bits per heavy atom. The molecule has 6 rings (SSSR count). The number of aromatic nitrogens is 3. The number of aromatic amines is 1. The van der Waals surface area contributed by atoms with Crippen LogP contribution in [0.1, 0.15) is 5.56 Å². The molecule has 4 heteroatoms. The van der Waals surface area contributed by atoms with E-state index in [4.69, 9.17) is 0 Å². The number of nitrogens with zero attached hydrogens (tertiary/aromatic N) is 2. The molecule has 4 nitrogen and oxygen atoms in total. The maximum atomic E-state index is 4.66. The number of hydrogen-bond donors (Lipinski definition) is 2. The van der Waals surface area contributed by atoms with E-state index in [0.29, 0.717) is 0 Å². The van der Waals surface area contributed by atoms with Gasteiger partial charge in [-0.15, -0.1) is 0 Å². The molecule has 0 spiro atoms. The summed E-state index contributed by atoms with van der Waals surface area (Å²) in [6.07, 6.45) is 1.87. The monoisotopic (exact) mass is 426 g/mol. The predicted molar refractivity (Wildman–Crippen MR) is 137 cm³/mol. The summed E-state index contributed by atoms with van der Waals surface area (Å²) in [5, 5.41) is 13.5. The molecule has 2 aromatic heterocycles. The third-order valence-corrected chi connectivity index (χ3v) is 5.94. The van der Waals surface area contributed by atoms with E-state index in [0.717, 1.165) is 55.6 Å². The molecule has 2 N–H and O–H groups in total. The zero-order chi connectivity index (χ0) is 22.2. The summed E-state index contributed by atoms with van der Waals surface area (Å²) in [7, 11) is 0. The van der Waals surface area contributed by atoms with Crippen molar-refractivity contribution < 1.29 is 0 Å². The highest BCUT2D eigenvalue weighted by Crippen LogP contribution is 2.34. The molecule has 0 saturated heterocycles. The van der Waals surface area contributed by atoms with Crippen molar-refractivity contribution in [3.05, 3.63) is 109 Å². The first-order valence-corrected chi connectivity index (χ1v) is 11.0. The quantitative estimate of drug-likeness (QED) is 0.307. The molecule has 0 amide bonds. The van der Waals surface area contributed by atoms with Crippen molar-refractivity contribution in [3.63, 3.8) is 0 Å². The lowest BCUT2D eigenvalue weighted by atomic mass is 9.99.